The highest BCUT2D eigenvalue weighted by atomic mass is 14.9. The van der Waals surface area contributed by atoms with Crippen LogP contribution in [-0.4, -0.2) is 11.9 Å². The molecule has 0 radical (unpaired) electrons. The molecule has 0 spiro atoms. The topological polar surface area (TPSA) is 38.4 Å². The Labute approximate surface area is 74.2 Å². The first-order chi connectivity index (χ1) is 5.77. The van der Waals surface area contributed by atoms with Gasteiger partial charge in [-0.15, -0.1) is 0 Å². The van der Waals surface area contributed by atoms with E-state index in [0.717, 1.165) is 11.8 Å². The van der Waals surface area contributed by atoms with Gasteiger partial charge in [0.2, 0.25) is 0 Å². The van der Waals surface area contributed by atoms with Gasteiger partial charge in [-0.25, -0.2) is 0 Å². The Morgan fingerprint density at radius 1 is 1.33 bits per heavy atom. The van der Waals surface area contributed by atoms with Gasteiger partial charge >= 0.3 is 0 Å². The molecule has 2 aliphatic carbocycles. The Kier molecular flexibility index (Phi) is 2.07. The number of nitrogens with zero attached hydrogens (tertiary/aromatic N) is 1. The molecular formula is C10H18N2. The SMILES string of the molecule is CC(N=C(N)C1CC1)C1CCC1. The maximum Gasteiger partial charge on any atom is 0.0971 e. The smallest absolute Gasteiger partial charge is 0.0971 e. The molecular weight excluding hydrogens is 148 g/mol. The van der Waals surface area contributed by atoms with Gasteiger partial charge < -0.3 is 5.73 Å². The molecule has 2 nitrogen and oxygen atoms in total. The van der Waals surface area contributed by atoms with Crippen molar-refractivity contribution in [2.24, 2.45) is 22.6 Å². The average molecular weight is 166 g/mol. The molecule has 0 aromatic heterocycles. The minimum Gasteiger partial charge on any atom is -0.387 e. The van der Waals surface area contributed by atoms with E-state index in [1.807, 2.05) is 0 Å². The van der Waals surface area contributed by atoms with Crippen LogP contribution in [0, 0.1) is 11.8 Å². The molecule has 0 bridgehead atoms. The van der Waals surface area contributed by atoms with E-state index in [2.05, 4.69) is 11.9 Å². The van der Waals surface area contributed by atoms with Crippen molar-refractivity contribution in [1.82, 2.24) is 0 Å². The summed E-state index contributed by atoms with van der Waals surface area (Å²) in [5.74, 6) is 2.41. The summed E-state index contributed by atoms with van der Waals surface area (Å²) in [7, 11) is 0. The van der Waals surface area contributed by atoms with Crippen LogP contribution in [0.2, 0.25) is 0 Å². The van der Waals surface area contributed by atoms with Crippen LogP contribution in [-0.2, 0) is 0 Å². The van der Waals surface area contributed by atoms with Crippen molar-refractivity contribution >= 4 is 5.84 Å². The summed E-state index contributed by atoms with van der Waals surface area (Å²) in [6.45, 7) is 2.21. The Hall–Kier alpha value is -0.530. The standard InChI is InChI=1S/C10H18N2/c1-7(8-3-2-4-8)12-10(11)9-5-6-9/h7-9H,2-6H2,1H3,(H2,11,12). The van der Waals surface area contributed by atoms with Crippen molar-refractivity contribution in [2.75, 3.05) is 0 Å². The molecule has 0 aromatic rings. The van der Waals surface area contributed by atoms with Gasteiger partial charge in [-0.2, -0.15) is 0 Å². The normalized spacial score (nSPS) is 28.2. The molecule has 2 aliphatic rings. The van der Waals surface area contributed by atoms with Gasteiger partial charge in [-0.05, 0) is 38.5 Å². The third kappa shape index (κ3) is 1.62. The van der Waals surface area contributed by atoms with E-state index < -0.39 is 0 Å². The van der Waals surface area contributed by atoms with Gasteiger partial charge in [0, 0.05) is 5.92 Å². The minimum atomic E-state index is 0.486. The van der Waals surface area contributed by atoms with E-state index in [9.17, 15) is 0 Å². The predicted octanol–water partition coefficient (Wildman–Crippen LogP) is 1.94. The fraction of sp³-hybridized carbons (Fsp3) is 0.900. The van der Waals surface area contributed by atoms with Crippen LogP contribution < -0.4 is 5.73 Å². The van der Waals surface area contributed by atoms with E-state index >= 15 is 0 Å². The maximum atomic E-state index is 5.85. The van der Waals surface area contributed by atoms with Crippen LogP contribution in [0.3, 0.4) is 0 Å². The highest BCUT2D eigenvalue weighted by molar-refractivity contribution is 5.85. The molecule has 2 heteroatoms. The zero-order valence-electron chi connectivity index (χ0n) is 7.79. The van der Waals surface area contributed by atoms with E-state index in [4.69, 9.17) is 5.73 Å². The number of hydrogen-bond donors (Lipinski definition) is 1. The van der Waals surface area contributed by atoms with Gasteiger partial charge in [0.15, 0.2) is 0 Å². The summed E-state index contributed by atoms with van der Waals surface area (Å²) in [6, 6.07) is 0.486. The summed E-state index contributed by atoms with van der Waals surface area (Å²) in [5.41, 5.74) is 5.85. The lowest BCUT2D eigenvalue weighted by molar-refractivity contribution is 0.274. The van der Waals surface area contributed by atoms with Crippen LogP contribution >= 0.6 is 0 Å². The van der Waals surface area contributed by atoms with Gasteiger partial charge in [0.05, 0.1) is 11.9 Å². The lowest BCUT2D eigenvalue weighted by atomic mass is 9.81. The summed E-state index contributed by atoms with van der Waals surface area (Å²) < 4.78 is 0. The molecule has 0 saturated heterocycles. The number of rotatable bonds is 3. The van der Waals surface area contributed by atoms with Crippen molar-refractivity contribution in [3.8, 4) is 0 Å². The molecule has 12 heavy (non-hydrogen) atoms. The first-order valence-corrected chi connectivity index (χ1v) is 5.10. The first-order valence-electron chi connectivity index (χ1n) is 5.10. The molecule has 1 atom stereocenters. The highest BCUT2D eigenvalue weighted by Crippen LogP contribution is 2.33. The van der Waals surface area contributed by atoms with E-state index in [-0.39, 0.29) is 0 Å². The maximum absolute atomic E-state index is 5.85. The molecule has 2 N–H and O–H groups in total. The number of hydrogen-bond acceptors (Lipinski definition) is 1. The third-order valence-corrected chi connectivity index (χ3v) is 3.18. The molecule has 0 aromatic carbocycles. The molecule has 2 saturated carbocycles. The molecule has 2 rings (SSSR count). The Morgan fingerprint density at radius 3 is 2.42 bits per heavy atom. The van der Waals surface area contributed by atoms with Crippen molar-refractivity contribution in [3.05, 3.63) is 0 Å². The van der Waals surface area contributed by atoms with Gasteiger partial charge in [-0.3, -0.25) is 4.99 Å². The third-order valence-electron chi connectivity index (χ3n) is 3.18. The highest BCUT2D eigenvalue weighted by Gasteiger charge is 2.28. The first kappa shape index (κ1) is 8.09. The van der Waals surface area contributed by atoms with Gasteiger partial charge in [0.25, 0.3) is 0 Å². The molecule has 1 unspecified atom stereocenters. The summed E-state index contributed by atoms with van der Waals surface area (Å²) >= 11 is 0. The Bertz CT molecular complexity index is 190. The number of amidine groups is 1. The van der Waals surface area contributed by atoms with Crippen molar-refractivity contribution in [2.45, 2.75) is 45.1 Å². The Morgan fingerprint density at radius 2 is 2.00 bits per heavy atom. The van der Waals surface area contributed by atoms with E-state index in [1.54, 1.807) is 0 Å². The van der Waals surface area contributed by atoms with Crippen LogP contribution in [0.15, 0.2) is 4.99 Å². The van der Waals surface area contributed by atoms with Crippen LogP contribution in [0.25, 0.3) is 0 Å². The fourth-order valence-corrected chi connectivity index (χ4v) is 1.75. The summed E-state index contributed by atoms with van der Waals surface area (Å²) in [4.78, 5) is 4.56. The quantitative estimate of drug-likeness (QED) is 0.505. The van der Waals surface area contributed by atoms with Gasteiger partial charge in [-0.1, -0.05) is 6.42 Å². The monoisotopic (exact) mass is 166 g/mol. The Balaban J connectivity index is 1.85. The van der Waals surface area contributed by atoms with E-state index in [1.165, 1.54) is 32.1 Å². The van der Waals surface area contributed by atoms with Crippen molar-refractivity contribution in [1.29, 1.82) is 0 Å². The second-order valence-corrected chi connectivity index (χ2v) is 4.26. The molecule has 0 heterocycles. The van der Waals surface area contributed by atoms with Crippen molar-refractivity contribution < 1.29 is 0 Å². The fourth-order valence-electron chi connectivity index (χ4n) is 1.75. The lowest BCUT2D eigenvalue weighted by Crippen LogP contribution is -2.26. The van der Waals surface area contributed by atoms with Crippen LogP contribution in [0.1, 0.15) is 39.0 Å². The van der Waals surface area contributed by atoms with Gasteiger partial charge in [0.1, 0.15) is 0 Å². The number of nitrogens with two attached hydrogens (primary N) is 1. The molecule has 0 aliphatic heterocycles. The summed E-state index contributed by atoms with van der Waals surface area (Å²) in [6.07, 6.45) is 6.67. The van der Waals surface area contributed by atoms with Crippen LogP contribution in [0.4, 0.5) is 0 Å². The zero-order chi connectivity index (χ0) is 8.55. The summed E-state index contributed by atoms with van der Waals surface area (Å²) in [5, 5.41) is 0. The molecule has 2 fully saturated rings. The lowest BCUT2D eigenvalue weighted by Gasteiger charge is -2.29. The molecule has 68 valence electrons. The second-order valence-electron chi connectivity index (χ2n) is 4.26. The average Bonchev–Trinajstić information content (AvgIpc) is 2.61. The largest absolute Gasteiger partial charge is 0.387 e. The predicted molar refractivity (Wildman–Crippen MR) is 51.1 cm³/mol. The zero-order valence-corrected chi connectivity index (χ0v) is 7.79. The van der Waals surface area contributed by atoms with E-state index in [0.29, 0.717) is 12.0 Å². The van der Waals surface area contributed by atoms with Crippen molar-refractivity contribution in [3.63, 3.8) is 0 Å². The molecule has 0 amide bonds. The number of aliphatic imine (C=N–C) groups is 1. The van der Waals surface area contributed by atoms with Crippen LogP contribution in [0.5, 0.6) is 0 Å². The second kappa shape index (κ2) is 3.08. The minimum absolute atomic E-state index is 0.486.